The monoisotopic (exact) mass is 505 g/mol. The minimum atomic E-state index is 1.01. The molecule has 1 rings (SSSR count). The Morgan fingerprint density at radius 3 is 1.34 bits per heavy atom. The first-order valence-corrected chi connectivity index (χ1v) is 17.1. The summed E-state index contributed by atoms with van der Waals surface area (Å²) < 4.78 is 0. The summed E-state index contributed by atoms with van der Waals surface area (Å²) >= 11 is 1.78. The Morgan fingerprint density at radius 2 is 0.943 bits per heavy atom. The molecule has 0 radical (unpaired) electrons. The van der Waals surface area contributed by atoms with Crippen LogP contribution >= 0.6 is 11.3 Å². The van der Waals surface area contributed by atoms with Crippen molar-refractivity contribution in [3.8, 4) is 0 Å². The predicted octanol–water partition coefficient (Wildman–Crippen LogP) is 12.6. The van der Waals surface area contributed by atoms with Gasteiger partial charge >= 0.3 is 0 Å². The van der Waals surface area contributed by atoms with Gasteiger partial charge in [-0.15, -0.1) is 0 Å². The molecule has 1 heterocycles. The van der Waals surface area contributed by atoms with Crippen molar-refractivity contribution >= 4 is 17.0 Å². The van der Waals surface area contributed by atoms with E-state index < -0.39 is 0 Å². The number of thiophene rings is 1. The number of unbranched alkanes of at least 4 members (excludes halogenated alkanes) is 19. The highest BCUT2D eigenvalue weighted by Crippen LogP contribution is 2.25. The number of hydrogen-bond donors (Lipinski definition) is 1. The van der Waals surface area contributed by atoms with E-state index in [2.05, 4.69) is 36.0 Å². The molecule has 0 aliphatic heterocycles. The first-order valence-electron chi connectivity index (χ1n) is 16.1. The highest BCUT2D eigenvalue weighted by atomic mass is 32.1. The molecule has 206 valence electrons. The van der Waals surface area contributed by atoms with Crippen LogP contribution in [0.4, 0.5) is 5.69 Å². The van der Waals surface area contributed by atoms with Crippen LogP contribution in [-0.2, 0) is 0 Å². The Bertz CT molecular complexity index is 497. The summed E-state index contributed by atoms with van der Waals surface area (Å²) in [5, 5.41) is 7.92. The normalized spacial score (nSPS) is 12.3. The minimum absolute atomic E-state index is 1.01. The first kappa shape index (κ1) is 32.5. The summed E-state index contributed by atoms with van der Waals surface area (Å²) in [6.45, 7) is 5.76. The van der Waals surface area contributed by atoms with Gasteiger partial charge in [0.25, 0.3) is 0 Å². The third-order valence-corrected chi connectivity index (χ3v) is 8.50. The summed E-state index contributed by atoms with van der Waals surface area (Å²) in [6, 6.07) is 2.19. The Labute approximate surface area is 225 Å². The molecule has 1 unspecified atom stereocenters. The van der Waals surface area contributed by atoms with Crippen LogP contribution in [0.3, 0.4) is 0 Å². The number of anilines is 1. The van der Waals surface area contributed by atoms with Gasteiger partial charge in [0.1, 0.15) is 0 Å². The Balaban J connectivity index is 2.08. The van der Waals surface area contributed by atoms with Gasteiger partial charge in [-0.2, -0.15) is 11.3 Å². The molecule has 0 fully saturated rings. The van der Waals surface area contributed by atoms with Gasteiger partial charge in [-0.05, 0) is 23.8 Å². The molecular formula is C33H63NS. The standard InChI is InChI=1S/C33H63NS/c1-3-5-7-9-11-13-14-16-18-22-26-32(25-21-17-15-12-10-8-6-4-2)27-23-19-20-24-29-34-33-28-30-35-31-33/h28,30-32,34H,3-27,29H2,1-2H3. The molecule has 1 N–H and O–H groups in total. The summed E-state index contributed by atoms with van der Waals surface area (Å²) in [7, 11) is 0. The van der Waals surface area contributed by atoms with Gasteiger partial charge in [-0.25, -0.2) is 0 Å². The molecule has 1 aromatic rings. The molecule has 0 spiro atoms. The maximum atomic E-state index is 3.55. The largest absolute Gasteiger partial charge is 0.384 e. The van der Waals surface area contributed by atoms with E-state index in [4.69, 9.17) is 0 Å². The van der Waals surface area contributed by atoms with Gasteiger partial charge in [-0.3, -0.25) is 0 Å². The highest BCUT2D eigenvalue weighted by molar-refractivity contribution is 7.08. The molecule has 0 aliphatic carbocycles. The fourth-order valence-electron chi connectivity index (χ4n) is 5.43. The predicted molar refractivity (Wildman–Crippen MR) is 163 cm³/mol. The summed E-state index contributed by atoms with van der Waals surface area (Å²) in [5.74, 6) is 1.01. The maximum absolute atomic E-state index is 3.55. The number of hydrogen-bond acceptors (Lipinski definition) is 2. The highest BCUT2D eigenvalue weighted by Gasteiger charge is 2.09. The van der Waals surface area contributed by atoms with E-state index in [-0.39, 0.29) is 0 Å². The molecular weight excluding hydrogens is 442 g/mol. The van der Waals surface area contributed by atoms with Crippen LogP contribution in [0.1, 0.15) is 174 Å². The zero-order valence-corrected chi connectivity index (χ0v) is 24.9. The topological polar surface area (TPSA) is 12.0 Å². The number of nitrogens with one attached hydrogen (secondary N) is 1. The number of rotatable bonds is 28. The van der Waals surface area contributed by atoms with Crippen molar-refractivity contribution in [2.45, 2.75) is 174 Å². The second-order valence-corrected chi connectivity index (χ2v) is 12.0. The maximum Gasteiger partial charge on any atom is 0.0448 e. The molecule has 0 amide bonds. The molecule has 1 atom stereocenters. The van der Waals surface area contributed by atoms with Crippen LogP contribution in [-0.4, -0.2) is 6.54 Å². The lowest BCUT2D eigenvalue weighted by Crippen LogP contribution is -2.03. The fraction of sp³-hybridized carbons (Fsp3) is 0.879. The molecule has 0 bridgehead atoms. The van der Waals surface area contributed by atoms with E-state index in [1.807, 2.05) is 0 Å². The van der Waals surface area contributed by atoms with Crippen LogP contribution in [0.15, 0.2) is 16.8 Å². The summed E-state index contributed by atoms with van der Waals surface area (Å²) in [4.78, 5) is 0. The molecule has 0 aromatic carbocycles. The summed E-state index contributed by atoms with van der Waals surface area (Å²) in [5.41, 5.74) is 1.30. The average molecular weight is 506 g/mol. The van der Waals surface area contributed by atoms with Crippen LogP contribution in [0.2, 0.25) is 0 Å². The van der Waals surface area contributed by atoms with Gasteiger partial charge in [0, 0.05) is 17.6 Å². The van der Waals surface area contributed by atoms with Crippen molar-refractivity contribution in [1.82, 2.24) is 0 Å². The Morgan fingerprint density at radius 1 is 0.543 bits per heavy atom. The van der Waals surface area contributed by atoms with Gasteiger partial charge in [0.15, 0.2) is 0 Å². The molecule has 2 heteroatoms. The van der Waals surface area contributed by atoms with Gasteiger partial charge in [0.05, 0.1) is 0 Å². The van der Waals surface area contributed by atoms with Crippen LogP contribution in [0.25, 0.3) is 0 Å². The molecule has 1 nitrogen and oxygen atoms in total. The zero-order chi connectivity index (χ0) is 25.1. The molecule has 1 aromatic heterocycles. The van der Waals surface area contributed by atoms with Crippen LogP contribution in [0.5, 0.6) is 0 Å². The Hall–Kier alpha value is -0.500. The Kier molecular flexibility index (Phi) is 24.7. The second-order valence-electron chi connectivity index (χ2n) is 11.2. The van der Waals surface area contributed by atoms with Gasteiger partial charge in [-0.1, -0.05) is 168 Å². The summed E-state index contributed by atoms with van der Waals surface area (Å²) in [6.07, 6.45) is 36.4. The van der Waals surface area contributed by atoms with E-state index in [0.29, 0.717) is 0 Å². The average Bonchev–Trinajstić information content (AvgIpc) is 3.39. The molecule has 0 saturated heterocycles. The quantitative estimate of drug-likeness (QED) is 0.112. The molecule has 0 aliphatic rings. The lowest BCUT2D eigenvalue weighted by atomic mass is 9.89. The molecule has 35 heavy (non-hydrogen) atoms. The third kappa shape index (κ3) is 22.4. The van der Waals surface area contributed by atoms with E-state index in [9.17, 15) is 0 Å². The van der Waals surface area contributed by atoms with E-state index >= 15 is 0 Å². The van der Waals surface area contributed by atoms with Crippen molar-refractivity contribution in [3.05, 3.63) is 16.8 Å². The van der Waals surface area contributed by atoms with Gasteiger partial charge < -0.3 is 5.32 Å². The van der Waals surface area contributed by atoms with Crippen LogP contribution in [0, 0.1) is 5.92 Å². The van der Waals surface area contributed by atoms with Crippen LogP contribution < -0.4 is 5.32 Å². The van der Waals surface area contributed by atoms with E-state index in [0.717, 1.165) is 12.5 Å². The van der Waals surface area contributed by atoms with Crippen molar-refractivity contribution in [2.24, 2.45) is 5.92 Å². The van der Waals surface area contributed by atoms with Crippen molar-refractivity contribution in [1.29, 1.82) is 0 Å². The second kappa shape index (κ2) is 26.6. The van der Waals surface area contributed by atoms with E-state index in [1.165, 1.54) is 166 Å². The van der Waals surface area contributed by atoms with E-state index in [1.54, 1.807) is 11.3 Å². The lowest BCUT2D eigenvalue weighted by Gasteiger charge is -2.17. The smallest absolute Gasteiger partial charge is 0.0448 e. The van der Waals surface area contributed by atoms with Crippen molar-refractivity contribution in [2.75, 3.05) is 11.9 Å². The first-order chi connectivity index (χ1) is 17.4. The van der Waals surface area contributed by atoms with Gasteiger partial charge in [0.2, 0.25) is 0 Å². The minimum Gasteiger partial charge on any atom is -0.384 e. The SMILES string of the molecule is CCCCCCCCCCCCC(CCCCCCCCCC)CCCCCCNc1ccsc1. The van der Waals surface area contributed by atoms with Crippen molar-refractivity contribution < 1.29 is 0 Å². The zero-order valence-electron chi connectivity index (χ0n) is 24.1. The van der Waals surface area contributed by atoms with Crippen molar-refractivity contribution in [3.63, 3.8) is 0 Å². The lowest BCUT2D eigenvalue weighted by molar-refractivity contribution is 0.366. The third-order valence-electron chi connectivity index (χ3n) is 7.82. The fourth-order valence-corrected chi connectivity index (χ4v) is 6.04. The molecule has 0 saturated carbocycles.